The molecule has 2 heterocycles. The van der Waals surface area contributed by atoms with Crippen molar-refractivity contribution in [2.24, 2.45) is 0 Å². The summed E-state index contributed by atoms with van der Waals surface area (Å²) in [6, 6.07) is 12.5. The summed E-state index contributed by atoms with van der Waals surface area (Å²) in [6.07, 6.45) is 0. The Morgan fingerprint density at radius 3 is 2.90 bits per heavy atom. The van der Waals surface area contributed by atoms with Gasteiger partial charge in [0.2, 0.25) is 0 Å². The molecule has 3 aromatic rings. The van der Waals surface area contributed by atoms with Crippen LogP contribution >= 0.6 is 39.5 Å². The number of nitrogens with one attached hydrogen (secondary N) is 1. The lowest BCUT2D eigenvalue weighted by Crippen LogP contribution is -2.08. The molecule has 2 aromatic heterocycles. The van der Waals surface area contributed by atoms with Crippen LogP contribution in [-0.2, 0) is 0 Å². The van der Waals surface area contributed by atoms with Gasteiger partial charge in [0.05, 0.1) is 10.9 Å². The summed E-state index contributed by atoms with van der Waals surface area (Å²) in [6.45, 7) is 2.13. The molecule has 6 heteroatoms. The summed E-state index contributed by atoms with van der Waals surface area (Å²) in [5, 5.41) is 9.32. The molecule has 0 amide bonds. The van der Waals surface area contributed by atoms with E-state index in [2.05, 4.69) is 55.8 Å². The van der Waals surface area contributed by atoms with Gasteiger partial charge in [0.25, 0.3) is 0 Å². The van der Waals surface area contributed by atoms with Crippen molar-refractivity contribution in [3.8, 4) is 10.7 Å². The first-order chi connectivity index (χ1) is 9.66. The molecule has 1 aromatic carbocycles. The first-order valence-electron chi connectivity index (χ1n) is 6.13. The van der Waals surface area contributed by atoms with Crippen molar-refractivity contribution < 1.29 is 0 Å². The molecular formula is C14H12BrN3S2. The fraction of sp³-hybridized carbons (Fsp3) is 0.143. The molecule has 3 nitrogen and oxygen atoms in total. The van der Waals surface area contributed by atoms with Gasteiger partial charge in [-0.15, -0.1) is 11.3 Å². The molecule has 0 bridgehead atoms. The highest BCUT2D eigenvalue weighted by atomic mass is 79.9. The zero-order valence-corrected chi connectivity index (χ0v) is 13.9. The third-order valence-electron chi connectivity index (χ3n) is 3.16. The molecular weight excluding hydrogens is 354 g/mol. The lowest BCUT2D eigenvalue weighted by molar-refractivity contribution is 0.635. The molecule has 0 aliphatic rings. The molecule has 102 valence electrons. The minimum absolute atomic E-state index is 0.121. The van der Waals surface area contributed by atoms with Gasteiger partial charge in [0.15, 0.2) is 10.6 Å². The maximum absolute atomic E-state index is 5.39. The molecule has 0 aliphatic carbocycles. The van der Waals surface area contributed by atoms with Crippen LogP contribution < -0.4 is 0 Å². The normalized spacial score (nSPS) is 12.5. The van der Waals surface area contributed by atoms with E-state index in [1.165, 1.54) is 5.56 Å². The zero-order valence-electron chi connectivity index (χ0n) is 10.7. The van der Waals surface area contributed by atoms with Gasteiger partial charge in [-0.3, -0.25) is 9.67 Å². The third kappa shape index (κ3) is 2.51. The summed E-state index contributed by atoms with van der Waals surface area (Å²) >= 11 is 10.6. The topological polar surface area (TPSA) is 33.6 Å². The Bertz CT molecular complexity index is 774. The third-order valence-corrected chi connectivity index (χ3v) is 4.81. The number of hydrogen-bond acceptors (Lipinski definition) is 3. The van der Waals surface area contributed by atoms with Crippen molar-refractivity contribution in [1.82, 2.24) is 14.8 Å². The van der Waals surface area contributed by atoms with Crippen LogP contribution in [0.25, 0.3) is 10.7 Å². The maximum Gasteiger partial charge on any atom is 0.196 e. The molecule has 1 N–H and O–H groups in total. The van der Waals surface area contributed by atoms with Crippen LogP contribution in [0.15, 0.2) is 46.3 Å². The van der Waals surface area contributed by atoms with Gasteiger partial charge in [0.1, 0.15) is 0 Å². The molecule has 0 saturated carbocycles. The number of aromatic amines is 1. The quantitative estimate of drug-likeness (QED) is 0.659. The highest BCUT2D eigenvalue weighted by Crippen LogP contribution is 2.29. The predicted octanol–water partition coefficient (Wildman–Crippen LogP) is 5.04. The molecule has 3 rings (SSSR count). The van der Waals surface area contributed by atoms with E-state index in [0.717, 1.165) is 15.2 Å². The molecule has 20 heavy (non-hydrogen) atoms. The second-order valence-corrected chi connectivity index (χ2v) is 6.68. The van der Waals surface area contributed by atoms with Crippen LogP contribution in [-0.4, -0.2) is 14.8 Å². The van der Waals surface area contributed by atoms with E-state index < -0.39 is 0 Å². The zero-order chi connectivity index (χ0) is 14.1. The highest BCUT2D eigenvalue weighted by molar-refractivity contribution is 9.10. The molecule has 0 radical (unpaired) electrons. The van der Waals surface area contributed by atoms with Gasteiger partial charge in [-0.2, -0.15) is 5.10 Å². The van der Waals surface area contributed by atoms with Crippen molar-refractivity contribution in [2.45, 2.75) is 13.0 Å². The van der Waals surface area contributed by atoms with Gasteiger partial charge >= 0.3 is 0 Å². The van der Waals surface area contributed by atoms with Crippen molar-refractivity contribution in [3.05, 3.63) is 56.6 Å². The molecule has 0 saturated heterocycles. The van der Waals surface area contributed by atoms with Gasteiger partial charge in [-0.05, 0) is 48.3 Å². The number of hydrogen-bond donors (Lipinski definition) is 1. The molecule has 0 spiro atoms. The number of aromatic nitrogens is 3. The fourth-order valence-corrected chi connectivity index (χ4v) is 3.58. The molecule has 0 fully saturated rings. The van der Waals surface area contributed by atoms with Gasteiger partial charge in [-0.1, -0.05) is 34.1 Å². The van der Waals surface area contributed by atoms with E-state index in [0.29, 0.717) is 4.77 Å². The minimum Gasteiger partial charge on any atom is -0.292 e. The number of H-pyrrole nitrogens is 1. The Morgan fingerprint density at radius 1 is 1.35 bits per heavy atom. The van der Waals surface area contributed by atoms with Gasteiger partial charge in [-0.25, -0.2) is 0 Å². The maximum atomic E-state index is 5.39. The smallest absolute Gasteiger partial charge is 0.196 e. The minimum atomic E-state index is 0.121. The monoisotopic (exact) mass is 365 g/mol. The van der Waals surface area contributed by atoms with E-state index in [9.17, 15) is 0 Å². The lowest BCUT2D eigenvalue weighted by Gasteiger charge is -2.15. The van der Waals surface area contributed by atoms with E-state index >= 15 is 0 Å². The lowest BCUT2D eigenvalue weighted by atomic mass is 10.1. The molecule has 1 atom stereocenters. The van der Waals surface area contributed by atoms with Crippen molar-refractivity contribution >= 4 is 39.5 Å². The van der Waals surface area contributed by atoms with Crippen molar-refractivity contribution in [3.63, 3.8) is 0 Å². The Kier molecular flexibility index (Phi) is 3.87. The second kappa shape index (κ2) is 5.63. The second-order valence-electron chi connectivity index (χ2n) is 4.43. The van der Waals surface area contributed by atoms with Crippen LogP contribution in [0.3, 0.4) is 0 Å². The fourth-order valence-electron chi connectivity index (χ4n) is 2.16. The predicted molar refractivity (Wildman–Crippen MR) is 88.7 cm³/mol. The van der Waals surface area contributed by atoms with E-state index in [1.807, 2.05) is 23.6 Å². The highest BCUT2D eigenvalue weighted by Gasteiger charge is 2.16. The van der Waals surface area contributed by atoms with Crippen LogP contribution in [0.4, 0.5) is 0 Å². The van der Waals surface area contributed by atoms with E-state index in [1.54, 1.807) is 11.3 Å². The number of halogens is 1. The first kappa shape index (κ1) is 13.7. The van der Waals surface area contributed by atoms with Crippen LogP contribution in [0.1, 0.15) is 18.5 Å². The average Bonchev–Trinajstić information content (AvgIpc) is 3.07. The van der Waals surface area contributed by atoms with Gasteiger partial charge < -0.3 is 0 Å². The molecule has 0 aliphatic heterocycles. The summed E-state index contributed by atoms with van der Waals surface area (Å²) in [5.74, 6) is 0.887. The number of thiophene rings is 1. The Hall–Kier alpha value is -1.24. The van der Waals surface area contributed by atoms with Crippen molar-refractivity contribution in [2.75, 3.05) is 0 Å². The largest absolute Gasteiger partial charge is 0.292 e. The molecule has 1 unspecified atom stereocenters. The number of rotatable bonds is 3. The summed E-state index contributed by atoms with van der Waals surface area (Å²) in [5.41, 5.74) is 1.19. The van der Waals surface area contributed by atoms with Gasteiger partial charge in [0, 0.05) is 4.47 Å². The number of nitrogens with zero attached hydrogens (tertiary/aromatic N) is 2. The van der Waals surface area contributed by atoms with Crippen LogP contribution in [0.2, 0.25) is 0 Å². The van der Waals surface area contributed by atoms with Crippen LogP contribution in [0, 0.1) is 4.77 Å². The standard InChI is InChI=1S/C14H12BrN3S2/c1-9(10-4-2-5-11(15)8-10)18-13(16-17-14(18)19)12-6-3-7-20-12/h2-9H,1H3,(H,17,19). The SMILES string of the molecule is CC(c1cccc(Br)c1)n1c(-c2cccs2)n[nH]c1=S. The summed E-state index contributed by atoms with van der Waals surface area (Å²) < 4.78 is 3.76. The Labute approximate surface area is 134 Å². The van der Waals surface area contributed by atoms with E-state index in [-0.39, 0.29) is 6.04 Å². The Balaban J connectivity index is 2.11. The Morgan fingerprint density at radius 2 is 2.20 bits per heavy atom. The van der Waals surface area contributed by atoms with Crippen molar-refractivity contribution in [1.29, 1.82) is 0 Å². The average molecular weight is 366 g/mol. The van der Waals surface area contributed by atoms with Crippen LogP contribution in [0.5, 0.6) is 0 Å². The first-order valence-corrected chi connectivity index (χ1v) is 8.21. The summed E-state index contributed by atoms with van der Waals surface area (Å²) in [7, 11) is 0. The number of benzene rings is 1. The summed E-state index contributed by atoms with van der Waals surface area (Å²) in [4.78, 5) is 1.11. The van der Waals surface area contributed by atoms with E-state index in [4.69, 9.17) is 12.2 Å².